The van der Waals surface area contributed by atoms with E-state index in [1.54, 1.807) is 0 Å². The van der Waals surface area contributed by atoms with Gasteiger partial charge in [-0.1, -0.05) is 12.8 Å². The predicted molar refractivity (Wildman–Crippen MR) is 44.8 cm³/mol. The molecule has 0 N–H and O–H groups in total. The zero-order valence-corrected chi connectivity index (χ0v) is 10.6. The molecule has 0 aromatic heterocycles. The van der Waals surface area contributed by atoms with Crippen LogP contribution in [0.3, 0.4) is 0 Å². The van der Waals surface area contributed by atoms with Gasteiger partial charge in [0.15, 0.2) is 0 Å². The Balaban J connectivity index is 0.000001000. The van der Waals surface area contributed by atoms with Crippen LogP contribution in [0.25, 0.3) is 0 Å². The first kappa shape index (κ1) is 12.1. The predicted octanol–water partition coefficient (Wildman–Crippen LogP) is 1.94. The Labute approximate surface area is 95.8 Å². The van der Waals surface area contributed by atoms with E-state index in [0.717, 1.165) is 12.0 Å². The summed E-state index contributed by atoms with van der Waals surface area (Å²) in [6.45, 7) is 11.1. The summed E-state index contributed by atoms with van der Waals surface area (Å²) in [5, 5.41) is 0. The molecule has 1 aliphatic rings. The Morgan fingerprint density at radius 1 is 1.27 bits per heavy atom. The van der Waals surface area contributed by atoms with Gasteiger partial charge in [0, 0.05) is 6.04 Å². The van der Waals surface area contributed by atoms with Crippen molar-refractivity contribution in [3.05, 3.63) is 6.92 Å². The number of nitrogens with zero attached hydrogens (tertiary/aromatic N) is 1. The van der Waals surface area contributed by atoms with E-state index in [9.17, 15) is 0 Å². The summed E-state index contributed by atoms with van der Waals surface area (Å²) in [6, 6.07) is 0.729. The first-order chi connectivity index (χ1) is 4.70. The van der Waals surface area contributed by atoms with Crippen LogP contribution in [-0.4, -0.2) is 24.0 Å². The summed E-state index contributed by atoms with van der Waals surface area (Å²) in [4.78, 5) is 2.53. The van der Waals surface area contributed by atoms with Crippen molar-refractivity contribution in [2.75, 3.05) is 13.1 Å². The summed E-state index contributed by atoms with van der Waals surface area (Å²) >= 11 is 0. The van der Waals surface area contributed by atoms with Gasteiger partial charge >= 0.3 is 32.7 Å². The average Bonchev–Trinajstić information content (AvgIpc) is 1.88. The summed E-state index contributed by atoms with van der Waals surface area (Å²) in [7, 11) is 0. The molecule has 1 rings (SSSR count). The minimum absolute atomic E-state index is 0. The molecule has 2 heteroatoms. The molecular weight excluding hydrogens is 211 g/mol. The van der Waals surface area contributed by atoms with Crippen LogP contribution in [0.2, 0.25) is 0 Å². The monoisotopic (exact) mass is 229 g/mol. The molecular formula is C9H18NY+2. The van der Waals surface area contributed by atoms with Crippen molar-refractivity contribution in [2.24, 2.45) is 5.92 Å². The standard InChI is InChI=1S/C9H18N.Y/c1-8(2)10-6-4-9(3)5-7-10;/h8-9H,3-7H2,1-2H3;/q-1;+3. The SMILES string of the molecule is [CH2-]C1CCN(C(C)C)CC1.[Y+3]. The third-order valence-corrected chi connectivity index (χ3v) is 2.38. The Morgan fingerprint density at radius 3 is 2.09 bits per heavy atom. The van der Waals surface area contributed by atoms with E-state index in [4.69, 9.17) is 0 Å². The molecule has 60 valence electrons. The van der Waals surface area contributed by atoms with Crippen molar-refractivity contribution in [3.8, 4) is 0 Å². The van der Waals surface area contributed by atoms with Crippen LogP contribution < -0.4 is 0 Å². The third kappa shape index (κ3) is 4.01. The largest absolute Gasteiger partial charge is 3.00 e. The van der Waals surface area contributed by atoms with Crippen molar-refractivity contribution >= 4 is 0 Å². The van der Waals surface area contributed by atoms with Crippen LogP contribution in [0.15, 0.2) is 0 Å². The minimum atomic E-state index is 0. The smallest absolute Gasteiger partial charge is 0.340 e. The van der Waals surface area contributed by atoms with Gasteiger partial charge in [0.1, 0.15) is 0 Å². The fourth-order valence-corrected chi connectivity index (χ4v) is 1.47. The average molecular weight is 229 g/mol. The van der Waals surface area contributed by atoms with Crippen molar-refractivity contribution in [3.63, 3.8) is 0 Å². The van der Waals surface area contributed by atoms with E-state index in [1.165, 1.54) is 25.9 Å². The van der Waals surface area contributed by atoms with Crippen LogP contribution in [-0.2, 0) is 32.7 Å². The molecule has 1 nitrogen and oxygen atoms in total. The Bertz CT molecular complexity index is 95.7. The molecule has 0 bridgehead atoms. The van der Waals surface area contributed by atoms with Crippen LogP contribution in [0.1, 0.15) is 26.7 Å². The van der Waals surface area contributed by atoms with E-state index in [0.29, 0.717) is 0 Å². The van der Waals surface area contributed by atoms with E-state index in [2.05, 4.69) is 25.7 Å². The molecule has 0 atom stereocenters. The molecule has 0 unspecified atom stereocenters. The second-order valence-electron chi connectivity index (χ2n) is 3.57. The minimum Gasteiger partial charge on any atom is -0.340 e. The molecule has 1 aliphatic heterocycles. The summed E-state index contributed by atoms with van der Waals surface area (Å²) in [5.74, 6) is 0.718. The van der Waals surface area contributed by atoms with Gasteiger partial charge in [0.2, 0.25) is 0 Å². The van der Waals surface area contributed by atoms with Gasteiger partial charge in [-0.3, -0.25) is 0 Å². The normalized spacial score (nSPS) is 21.8. The van der Waals surface area contributed by atoms with Crippen molar-refractivity contribution in [2.45, 2.75) is 32.7 Å². The first-order valence-corrected chi connectivity index (χ1v) is 4.27. The molecule has 0 aliphatic carbocycles. The van der Waals surface area contributed by atoms with Crippen molar-refractivity contribution in [1.29, 1.82) is 0 Å². The van der Waals surface area contributed by atoms with Gasteiger partial charge in [-0.25, -0.2) is 0 Å². The molecule has 1 saturated heterocycles. The van der Waals surface area contributed by atoms with Crippen LogP contribution in [0.5, 0.6) is 0 Å². The zero-order chi connectivity index (χ0) is 7.56. The van der Waals surface area contributed by atoms with E-state index in [1.807, 2.05) is 0 Å². The fourth-order valence-electron chi connectivity index (χ4n) is 1.47. The number of hydrogen-bond donors (Lipinski definition) is 0. The number of hydrogen-bond acceptors (Lipinski definition) is 1. The number of likely N-dealkylation sites (tertiary alicyclic amines) is 1. The molecule has 11 heavy (non-hydrogen) atoms. The van der Waals surface area contributed by atoms with Crippen LogP contribution >= 0.6 is 0 Å². The maximum absolute atomic E-state index is 4.06. The number of piperidine rings is 1. The summed E-state index contributed by atoms with van der Waals surface area (Å²) < 4.78 is 0. The molecule has 0 aromatic rings. The number of rotatable bonds is 1. The van der Waals surface area contributed by atoms with Gasteiger partial charge in [0.25, 0.3) is 0 Å². The van der Waals surface area contributed by atoms with Crippen molar-refractivity contribution in [1.82, 2.24) is 4.90 Å². The summed E-state index contributed by atoms with van der Waals surface area (Å²) in [5.41, 5.74) is 0. The fraction of sp³-hybridized carbons (Fsp3) is 0.889. The molecule has 0 saturated carbocycles. The zero-order valence-electron chi connectivity index (χ0n) is 7.71. The molecule has 0 amide bonds. The maximum Gasteiger partial charge on any atom is 3.00 e. The Hall–Kier alpha value is 1.06. The van der Waals surface area contributed by atoms with Crippen LogP contribution in [0.4, 0.5) is 0 Å². The molecule has 0 aromatic carbocycles. The molecule has 0 radical (unpaired) electrons. The van der Waals surface area contributed by atoms with E-state index < -0.39 is 0 Å². The summed E-state index contributed by atoms with van der Waals surface area (Å²) in [6.07, 6.45) is 2.58. The van der Waals surface area contributed by atoms with E-state index in [-0.39, 0.29) is 32.7 Å². The van der Waals surface area contributed by atoms with Gasteiger partial charge in [0.05, 0.1) is 0 Å². The maximum atomic E-state index is 4.06. The second kappa shape index (κ2) is 5.67. The third-order valence-electron chi connectivity index (χ3n) is 2.38. The second-order valence-corrected chi connectivity index (χ2v) is 3.57. The van der Waals surface area contributed by atoms with Gasteiger partial charge < -0.3 is 11.8 Å². The molecule has 0 spiro atoms. The van der Waals surface area contributed by atoms with E-state index >= 15 is 0 Å². The molecule has 1 fully saturated rings. The van der Waals surface area contributed by atoms with Gasteiger partial charge in [-0.05, 0) is 26.9 Å². The Morgan fingerprint density at radius 2 is 1.73 bits per heavy atom. The quantitative estimate of drug-likeness (QED) is 0.621. The van der Waals surface area contributed by atoms with Gasteiger partial charge in [-0.15, -0.1) is 0 Å². The first-order valence-electron chi connectivity index (χ1n) is 4.27. The Kier molecular flexibility index (Phi) is 6.21. The topological polar surface area (TPSA) is 3.24 Å². The van der Waals surface area contributed by atoms with Crippen LogP contribution in [0, 0.1) is 12.8 Å². The molecule has 1 heterocycles. The van der Waals surface area contributed by atoms with Gasteiger partial charge in [-0.2, -0.15) is 5.92 Å². The van der Waals surface area contributed by atoms with Crippen molar-refractivity contribution < 1.29 is 32.7 Å².